The van der Waals surface area contributed by atoms with E-state index in [1.165, 1.54) is 0 Å². The zero-order chi connectivity index (χ0) is 28.3. The van der Waals surface area contributed by atoms with Crippen molar-refractivity contribution in [3.8, 4) is 0 Å². The minimum Gasteiger partial charge on any atom is -0.399 e. The number of aryl methyl sites for hydroxylation is 1. The molecule has 12 heteroatoms. The number of aliphatic hydroxyl groups excluding tert-OH is 2. The number of hydrogen-bond acceptors (Lipinski definition) is 8. The molecule has 0 unspecified atom stereocenters. The number of hydrogen-bond donors (Lipinski definition) is 2. The molecule has 0 spiro atoms. The third kappa shape index (κ3) is 5.62. The third-order valence-corrected chi connectivity index (χ3v) is 8.35. The predicted octanol–water partition coefficient (Wildman–Crippen LogP) is 1.22. The molecule has 2 atom stereocenters. The van der Waals surface area contributed by atoms with Crippen LogP contribution in [0.2, 0.25) is 0 Å². The molecule has 2 aromatic heterocycles. The van der Waals surface area contributed by atoms with Gasteiger partial charge < -0.3 is 28.8 Å². The fourth-order valence-electron chi connectivity index (χ4n) is 4.71. The first-order valence-corrected chi connectivity index (χ1v) is 13.6. The summed E-state index contributed by atoms with van der Waals surface area (Å²) in [4.78, 5) is 0. The Kier molecular flexibility index (Phi) is 7.75. The van der Waals surface area contributed by atoms with Crippen LogP contribution in [0.15, 0.2) is 12.4 Å². The highest BCUT2D eigenvalue weighted by Crippen LogP contribution is 2.38. The molecule has 0 saturated carbocycles. The highest BCUT2D eigenvalue weighted by Gasteiger charge is 2.54. The van der Waals surface area contributed by atoms with Gasteiger partial charge in [0.25, 0.3) is 0 Å². The minimum atomic E-state index is -0.567. The molecule has 2 N–H and O–H groups in total. The highest BCUT2D eigenvalue weighted by atomic mass is 16.7. The van der Waals surface area contributed by atoms with Gasteiger partial charge in [-0.15, -0.1) is 0 Å². The predicted molar refractivity (Wildman–Crippen MR) is 147 cm³/mol. The smallest absolute Gasteiger partial charge is 0.399 e. The number of rotatable bonds is 9. The molecular weight excluding hydrogens is 486 g/mol. The van der Waals surface area contributed by atoms with E-state index in [1.54, 1.807) is 24.7 Å². The van der Waals surface area contributed by atoms with Gasteiger partial charge in [-0.2, -0.15) is 10.2 Å². The van der Waals surface area contributed by atoms with Crippen molar-refractivity contribution >= 4 is 25.2 Å². The standard InChI is InChI=1S/C26H44B2N4O6/c1-17(33)14-31-16-20(28-37-25(7,8)26(9,10)38-28)21(30-31)11-12-22-19(13-29-32(22)15-18(2)34)27-35-23(3,4)24(5,6)36-27/h13,16-18,33-34H,11-12,14-15H2,1-10H3/t17-,18-/m0/s1. The van der Waals surface area contributed by atoms with E-state index in [4.69, 9.17) is 23.7 Å². The van der Waals surface area contributed by atoms with Crippen LogP contribution in [0.25, 0.3) is 0 Å². The van der Waals surface area contributed by atoms with E-state index >= 15 is 0 Å². The number of aromatic nitrogens is 4. The summed E-state index contributed by atoms with van der Waals surface area (Å²) < 4.78 is 28.9. The van der Waals surface area contributed by atoms with E-state index in [1.807, 2.05) is 66.3 Å². The Morgan fingerprint density at radius 2 is 1.24 bits per heavy atom. The summed E-state index contributed by atoms with van der Waals surface area (Å²) in [5.74, 6) is 0. The molecule has 2 saturated heterocycles. The molecular formula is C26H44B2N4O6. The summed E-state index contributed by atoms with van der Waals surface area (Å²) in [6, 6.07) is 0. The molecule has 0 amide bonds. The van der Waals surface area contributed by atoms with Crippen molar-refractivity contribution in [1.29, 1.82) is 0 Å². The Labute approximate surface area is 227 Å². The largest absolute Gasteiger partial charge is 0.498 e. The number of aliphatic hydroxyl groups is 2. The summed E-state index contributed by atoms with van der Waals surface area (Å²) in [6.45, 7) is 20.4. The van der Waals surface area contributed by atoms with Crippen LogP contribution >= 0.6 is 0 Å². The summed E-state index contributed by atoms with van der Waals surface area (Å²) in [5.41, 5.74) is 1.52. The molecule has 0 bridgehead atoms. The minimum absolute atomic E-state index is 0.357. The molecule has 10 nitrogen and oxygen atoms in total. The summed E-state index contributed by atoms with van der Waals surface area (Å²) >= 11 is 0. The lowest BCUT2D eigenvalue weighted by Gasteiger charge is -2.32. The first kappa shape index (κ1) is 29.3. The Bertz CT molecular complexity index is 1110. The van der Waals surface area contributed by atoms with Gasteiger partial charge in [0.05, 0.1) is 53.4 Å². The Morgan fingerprint density at radius 3 is 1.71 bits per heavy atom. The molecule has 2 aliphatic rings. The topological polar surface area (TPSA) is 113 Å². The van der Waals surface area contributed by atoms with Gasteiger partial charge in [-0.3, -0.25) is 9.36 Å². The van der Waals surface area contributed by atoms with Gasteiger partial charge in [-0.25, -0.2) is 0 Å². The van der Waals surface area contributed by atoms with E-state index in [2.05, 4.69) is 5.10 Å². The summed E-state index contributed by atoms with van der Waals surface area (Å²) in [7, 11) is -1.13. The lowest BCUT2D eigenvalue weighted by atomic mass is 9.76. The van der Waals surface area contributed by atoms with Crippen LogP contribution in [0.1, 0.15) is 80.6 Å². The molecule has 0 aliphatic carbocycles. The fraction of sp³-hybridized carbons (Fsp3) is 0.769. The van der Waals surface area contributed by atoms with Crippen molar-refractivity contribution in [1.82, 2.24) is 19.6 Å². The molecule has 38 heavy (non-hydrogen) atoms. The van der Waals surface area contributed by atoms with Crippen molar-refractivity contribution < 1.29 is 28.8 Å². The van der Waals surface area contributed by atoms with Crippen molar-refractivity contribution in [2.24, 2.45) is 0 Å². The first-order chi connectivity index (χ1) is 17.4. The lowest BCUT2D eigenvalue weighted by Crippen LogP contribution is -2.41. The van der Waals surface area contributed by atoms with Gasteiger partial charge in [0.1, 0.15) is 0 Å². The van der Waals surface area contributed by atoms with Crippen LogP contribution in [0.5, 0.6) is 0 Å². The van der Waals surface area contributed by atoms with Crippen LogP contribution in [0, 0.1) is 0 Å². The van der Waals surface area contributed by atoms with Crippen molar-refractivity contribution in [2.75, 3.05) is 0 Å². The van der Waals surface area contributed by atoms with Crippen molar-refractivity contribution in [3.63, 3.8) is 0 Å². The van der Waals surface area contributed by atoms with Gasteiger partial charge >= 0.3 is 14.2 Å². The van der Waals surface area contributed by atoms with E-state index in [9.17, 15) is 10.2 Å². The maximum absolute atomic E-state index is 10.1. The Hall–Kier alpha value is -1.69. The molecule has 4 rings (SSSR count). The van der Waals surface area contributed by atoms with Crippen LogP contribution in [0.4, 0.5) is 0 Å². The SMILES string of the molecule is C[C@H](O)Cn1cc(B2OC(C)(C)C(C)(C)O2)c(CCc2c(B3OC(C)(C)C(C)(C)O3)cnn2C[C@H](C)O)n1. The van der Waals surface area contributed by atoms with Gasteiger partial charge in [-0.05, 0) is 82.1 Å². The van der Waals surface area contributed by atoms with Gasteiger partial charge in [-0.1, -0.05) is 0 Å². The Morgan fingerprint density at radius 1 is 0.763 bits per heavy atom. The van der Waals surface area contributed by atoms with Crippen LogP contribution in [-0.2, 0) is 44.5 Å². The van der Waals surface area contributed by atoms with E-state index in [-0.39, 0.29) is 0 Å². The summed E-state index contributed by atoms with van der Waals surface area (Å²) in [5, 5.41) is 29.5. The van der Waals surface area contributed by atoms with Gasteiger partial charge in [0.15, 0.2) is 0 Å². The summed E-state index contributed by atoms with van der Waals surface area (Å²) in [6.07, 6.45) is 3.74. The molecule has 0 aromatic carbocycles. The highest BCUT2D eigenvalue weighted by molar-refractivity contribution is 6.63. The molecule has 0 radical (unpaired) electrons. The first-order valence-electron chi connectivity index (χ1n) is 13.6. The zero-order valence-corrected chi connectivity index (χ0v) is 24.6. The fourth-order valence-corrected chi connectivity index (χ4v) is 4.71. The van der Waals surface area contributed by atoms with Crippen LogP contribution < -0.4 is 10.9 Å². The average molecular weight is 530 g/mol. The monoisotopic (exact) mass is 530 g/mol. The molecule has 2 aliphatic heterocycles. The molecule has 4 heterocycles. The quantitative estimate of drug-likeness (QED) is 0.466. The van der Waals surface area contributed by atoms with E-state index < -0.39 is 48.8 Å². The van der Waals surface area contributed by atoms with Crippen molar-refractivity contribution in [3.05, 3.63) is 23.8 Å². The molecule has 2 aromatic rings. The van der Waals surface area contributed by atoms with Crippen molar-refractivity contribution in [2.45, 2.75) is 130 Å². The van der Waals surface area contributed by atoms with E-state index in [0.717, 1.165) is 22.3 Å². The number of nitrogens with zero attached hydrogens (tertiary/aromatic N) is 4. The lowest BCUT2D eigenvalue weighted by molar-refractivity contribution is 0.00578. The van der Waals surface area contributed by atoms with Gasteiger partial charge in [0.2, 0.25) is 0 Å². The molecule has 210 valence electrons. The second kappa shape index (κ2) is 10.1. The second-order valence-corrected chi connectivity index (χ2v) is 12.9. The maximum atomic E-state index is 10.1. The van der Waals surface area contributed by atoms with Crippen LogP contribution in [0.3, 0.4) is 0 Å². The normalized spacial score (nSPS) is 23.3. The maximum Gasteiger partial charge on any atom is 0.498 e. The zero-order valence-electron chi connectivity index (χ0n) is 24.6. The van der Waals surface area contributed by atoms with Gasteiger partial charge in [0, 0.05) is 29.0 Å². The van der Waals surface area contributed by atoms with Crippen LogP contribution in [-0.4, -0.2) is 78.6 Å². The molecule has 2 fully saturated rings. The second-order valence-electron chi connectivity index (χ2n) is 12.9. The third-order valence-electron chi connectivity index (χ3n) is 8.35. The Balaban J connectivity index is 1.65. The van der Waals surface area contributed by atoms with E-state index in [0.29, 0.717) is 25.9 Å². The average Bonchev–Trinajstić information content (AvgIpc) is 3.43.